The first-order chi connectivity index (χ1) is 16.7. The Kier molecular flexibility index (Phi) is 9.50. The molecule has 34 heavy (non-hydrogen) atoms. The molecule has 2 aromatic rings. The van der Waals surface area contributed by atoms with E-state index in [2.05, 4.69) is 0 Å². The normalized spacial score (nSPS) is 23.4. The van der Waals surface area contributed by atoms with Crippen LogP contribution in [0.4, 0.5) is 8.78 Å². The minimum absolute atomic E-state index is 0.146. The second-order valence-corrected chi connectivity index (χ2v) is 8.32. The van der Waals surface area contributed by atoms with Gasteiger partial charge < -0.3 is 28.4 Å². The summed E-state index contributed by atoms with van der Waals surface area (Å²) in [5.74, 6) is -0.0984. The standard InChI is InChI=1S/C26H32F2O6/c27-23-17-19-1-5-25(23)33-15-13-31-11-9-29-7-8-30-10-12-32-14-16-34-26-6-2-20(18-24(26)28)22-4-3-21(19)22/h1-2,5-6,17-18,21-22H,3-4,7-16H2/t21-,22+. The maximum Gasteiger partial charge on any atom is 0.165 e. The number of hydrogen-bond donors (Lipinski definition) is 0. The van der Waals surface area contributed by atoms with E-state index in [1.165, 1.54) is 12.1 Å². The van der Waals surface area contributed by atoms with Gasteiger partial charge in [0.05, 0.1) is 52.9 Å². The molecule has 0 N–H and O–H groups in total. The van der Waals surface area contributed by atoms with Gasteiger partial charge in [0.15, 0.2) is 23.1 Å². The number of benzene rings is 2. The van der Waals surface area contributed by atoms with Crippen LogP contribution in [0.2, 0.25) is 0 Å². The van der Waals surface area contributed by atoms with Crippen LogP contribution in [0.5, 0.6) is 11.5 Å². The van der Waals surface area contributed by atoms with Crippen molar-refractivity contribution >= 4 is 0 Å². The summed E-state index contributed by atoms with van der Waals surface area (Å²) in [7, 11) is 0. The fourth-order valence-corrected chi connectivity index (χ4v) is 4.21. The Bertz CT molecular complexity index is 835. The molecule has 0 radical (unpaired) electrons. The molecule has 8 heteroatoms. The Balaban J connectivity index is 1.39. The lowest BCUT2D eigenvalue weighted by Gasteiger charge is -2.37. The number of ether oxygens (including phenoxy) is 6. The predicted octanol–water partition coefficient (Wildman–Crippen LogP) is 4.46. The van der Waals surface area contributed by atoms with Crippen LogP contribution in [0.25, 0.3) is 0 Å². The molecule has 1 fully saturated rings. The molecular formula is C26H32F2O6. The first-order valence-corrected chi connectivity index (χ1v) is 11.9. The van der Waals surface area contributed by atoms with Gasteiger partial charge in [-0.05, 0) is 60.1 Å². The first kappa shape index (κ1) is 24.9. The Morgan fingerprint density at radius 2 is 0.853 bits per heavy atom. The van der Waals surface area contributed by atoms with E-state index in [0.29, 0.717) is 52.9 Å². The minimum atomic E-state index is -0.398. The SMILES string of the molecule is Fc1cc2ccc1OCCOCCOCCOCCOCCOc1ccc(cc1F)[C@@H]1CC[C@H]21. The third-order valence-electron chi connectivity index (χ3n) is 6.13. The van der Waals surface area contributed by atoms with Gasteiger partial charge in [-0.1, -0.05) is 12.1 Å². The Morgan fingerprint density at radius 3 is 1.18 bits per heavy atom. The van der Waals surface area contributed by atoms with Crippen LogP contribution in [0.15, 0.2) is 36.4 Å². The highest BCUT2D eigenvalue weighted by atomic mass is 19.1. The summed E-state index contributed by atoms with van der Waals surface area (Å²) < 4.78 is 62.1. The van der Waals surface area contributed by atoms with Gasteiger partial charge in [-0.25, -0.2) is 8.78 Å². The van der Waals surface area contributed by atoms with Crippen LogP contribution in [-0.2, 0) is 18.9 Å². The van der Waals surface area contributed by atoms with Gasteiger partial charge in [0.25, 0.3) is 0 Å². The van der Waals surface area contributed by atoms with E-state index < -0.39 is 11.6 Å². The number of halogens is 2. The van der Waals surface area contributed by atoms with Gasteiger partial charge in [-0.2, -0.15) is 0 Å². The molecule has 2 atom stereocenters. The third kappa shape index (κ3) is 6.88. The Hall–Kier alpha value is -2.26. The fourth-order valence-electron chi connectivity index (χ4n) is 4.21. The zero-order valence-corrected chi connectivity index (χ0v) is 19.3. The van der Waals surface area contributed by atoms with Crippen molar-refractivity contribution in [2.45, 2.75) is 24.7 Å². The smallest absolute Gasteiger partial charge is 0.165 e. The van der Waals surface area contributed by atoms with Crippen molar-refractivity contribution in [2.24, 2.45) is 0 Å². The first-order valence-electron chi connectivity index (χ1n) is 11.9. The quantitative estimate of drug-likeness (QED) is 0.557. The second-order valence-electron chi connectivity index (χ2n) is 8.32. The molecule has 186 valence electrons. The molecule has 4 aliphatic rings. The van der Waals surface area contributed by atoms with Gasteiger partial charge in [0, 0.05) is 0 Å². The van der Waals surface area contributed by atoms with Crippen molar-refractivity contribution in [1.29, 1.82) is 0 Å². The lowest BCUT2D eigenvalue weighted by atomic mass is 9.67. The number of rotatable bonds is 0. The monoisotopic (exact) mass is 478 g/mol. The number of hydrogen-bond acceptors (Lipinski definition) is 6. The van der Waals surface area contributed by atoms with Gasteiger partial charge in [0.2, 0.25) is 0 Å². The summed E-state index contributed by atoms with van der Waals surface area (Å²) >= 11 is 0. The van der Waals surface area contributed by atoms with Crippen LogP contribution < -0.4 is 9.47 Å². The summed E-state index contributed by atoms with van der Waals surface area (Å²) in [6.45, 7) is 3.84. The van der Waals surface area contributed by atoms with Crippen LogP contribution in [0, 0.1) is 11.6 Å². The lowest BCUT2D eigenvalue weighted by molar-refractivity contribution is -0.00716. The van der Waals surface area contributed by atoms with Crippen LogP contribution in [-0.4, -0.2) is 66.1 Å². The highest BCUT2D eigenvalue weighted by Crippen LogP contribution is 2.49. The molecule has 3 aliphatic heterocycles. The van der Waals surface area contributed by atoms with Gasteiger partial charge in [-0.15, -0.1) is 0 Å². The molecule has 4 bridgehead atoms. The fraction of sp³-hybridized carbons (Fsp3) is 0.538. The average molecular weight is 479 g/mol. The zero-order chi connectivity index (χ0) is 23.6. The predicted molar refractivity (Wildman–Crippen MR) is 122 cm³/mol. The molecule has 1 aliphatic carbocycles. The zero-order valence-electron chi connectivity index (χ0n) is 19.3. The van der Waals surface area contributed by atoms with E-state index in [4.69, 9.17) is 28.4 Å². The van der Waals surface area contributed by atoms with Crippen molar-refractivity contribution in [3.05, 3.63) is 59.2 Å². The highest BCUT2D eigenvalue weighted by molar-refractivity contribution is 5.38. The lowest BCUT2D eigenvalue weighted by Crippen LogP contribution is -2.22. The third-order valence-corrected chi connectivity index (χ3v) is 6.13. The topological polar surface area (TPSA) is 55.4 Å². The van der Waals surface area contributed by atoms with Crippen molar-refractivity contribution in [2.75, 3.05) is 66.1 Å². The van der Waals surface area contributed by atoms with Crippen LogP contribution in [0.1, 0.15) is 35.8 Å². The largest absolute Gasteiger partial charge is 0.488 e. The Labute approximate surface area is 199 Å². The van der Waals surface area contributed by atoms with Gasteiger partial charge in [0.1, 0.15) is 13.2 Å². The maximum absolute atomic E-state index is 14.6. The van der Waals surface area contributed by atoms with Gasteiger partial charge in [-0.3, -0.25) is 0 Å². The van der Waals surface area contributed by atoms with E-state index in [-0.39, 0.29) is 36.5 Å². The molecule has 0 saturated heterocycles. The molecule has 6 nitrogen and oxygen atoms in total. The van der Waals surface area contributed by atoms with E-state index >= 15 is 0 Å². The highest BCUT2D eigenvalue weighted by Gasteiger charge is 2.34. The molecule has 3 heterocycles. The molecular weight excluding hydrogens is 446 g/mol. The molecule has 2 aromatic carbocycles. The summed E-state index contributed by atoms with van der Waals surface area (Å²) in [5, 5.41) is 0. The second kappa shape index (κ2) is 13.0. The van der Waals surface area contributed by atoms with Crippen LogP contribution in [0.3, 0.4) is 0 Å². The minimum Gasteiger partial charge on any atom is -0.488 e. The van der Waals surface area contributed by atoms with E-state index in [1.807, 2.05) is 12.1 Å². The number of fused-ring (bicyclic) bond motifs is 2. The molecule has 6 rings (SSSR count). The summed E-state index contributed by atoms with van der Waals surface area (Å²) in [6.07, 6.45) is 1.86. The van der Waals surface area contributed by atoms with E-state index in [9.17, 15) is 8.78 Å². The van der Waals surface area contributed by atoms with E-state index in [1.54, 1.807) is 12.1 Å². The summed E-state index contributed by atoms with van der Waals surface area (Å²) in [4.78, 5) is 0. The van der Waals surface area contributed by atoms with Gasteiger partial charge >= 0.3 is 0 Å². The van der Waals surface area contributed by atoms with Crippen molar-refractivity contribution in [3.8, 4) is 11.5 Å². The van der Waals surface area contributed by atoms with Crippen molar-refractivity contribution in [3.63, 3.8) is 0 Å². The summed E-state index contributed by atoms with van der Waals surface area (Å²) in [5.41, 5.74) is 1.80. The van der Waals surface area contributed by atoms with Crippen molar-refractivity contribution < 1.29 is 37.2 Å². The summed E-state index contributed by atoms with van der Waals surface area (Å²) in [6, 6.07) is 10.2. The molecule has 1 saturated carbocycles. The maximum atomic E-state index is 14.6. The average Bonchev–Trinajstić information content (AvgIpc) is 2.80. The molecule has 0 spiro atoms. The molecule has 0 amide bonds. The molecule has 0 aromatic heterocycles. The molecule has 0 unspecified atom stereocenters. The van der Waals surface area contributed by atoms with E-state index in [0.717, 1.165) is 24.0 Å². The Morgan fingerprint density at radius 1 is 0.500 bits per heavy atom. The van der Waals surface area contributed by atoms with Crippen LogP contribution >= 0.6 is 0 Å². The van der Waals surface area contributed by atoms with Crippen molar-refractivity contribution in [1.82, 2.24) is 0 Å².